The van der Waals surface area contributed by atoms with Crippen LogP contribution in [0.2, 0.25) is 0 Å². The second-order valence-corrected chi connectivity index (χ2v) is 7.34. The Balaban J connectivity index is 2.10. The molecule has 136 valence electrons. The molecule has 0 amide bonds. The maximum absolute atomic E-state index is 5.02. The van der Waals surface area contributed by atoms with Gasteiger partial charge in [0.05, 0.1) is 5.52 Å². The van der Waals surface area contributed by atoms with E-state index in [1.54, 1.807) is 0 Å². The van der Waals surface area contributed by atoms with E-state index in [2.05, 4.69) is 87.0 Å². The zero-order chi connectivity index (χ0) is 18.5. The Hall–Kier alpha value is -2.35. The summed E-state index contributed by atoms with van der Waals surface area (Å²) in [5.74, 6) is 0. The SMILES string of the molecule is CCCCC/C=C/c1cccc2c(-c3ccccc3C)nn(C(C)C)c12. The Morgan fingerprint density at radius 1 is 1.04 bits per heavy atom. The van der Waals surface area contributed by atoms with Crippen molar-refractivity contribution in [2.75, 3.05) is 0 Å². The number of rotatable bonds is 7. The second-order valence-electron chi connectivity index (χ2n) is 7.34. The van der Waals surface area contributed by atoms with E-state index in [-0.39, 0.29) is 0 Å². The Morgan fingerprint density at radius 3 is 2.58 bits per heavy atom. The van der Waals surface area contributed by atoms with Crippen LogP contribution in [0.5, 0.6) is 0 Å². The molecule has 0 saturated carbocycles. The standard InChI is InChI=1S/C24H30N2/c1-5-6-7-8-9-14-20-15-12-17-22-23(21-16-11-10-13-19(21)4)25-26(18(2)3)24(20)22/h9-18H,5-8H2,1-4H3/b14-9+. The van der Waals surface area contributed by atoms with Crippen molar-refractivity contribution < 1.29 is 0 Å². The molecule has 0 aliphatic rings. The van der Waals surface area contributed by atoms with Crippen molar-refractivity contribution in [2.24, 2.45) is 0 Å². The summed E-state index contributed by atoms with van der Waals surface area (Å²) in [4.78, 5) is 0. The van der Waals surface area contributed by atoms with Gasteiger partial charge in [-0.05, 0) is 39.2 Å². The van der Waals surface area contributed by atoms with Crippen molar-refractivity contribution in [3.63, 3.8) is 0 Å². The number of benzene rings is 2. The van der Waals surface area contributed by atoms with Crippen LogP contribution in [0.4, 0.5) is 0 Å². The van der Waals surface area contributed by atoms with Gasteiger partial charge < -0.3 is 0 Å². The quantitative estimate of drug-likeness (QED) is 0.414. The molecule has 2 heteroatoms. The number of aromatic nitrogens is 2. The van der Waals surface area contributed by atoms with Crippen LogP contribution in [0.15, 0.2) is 48.5 Å². The summed E-state index contributed by atoms with van der Waals surface area (Å²) >= 11 is 0. The second kappa shape index (κ2) is 8.35. The molecule has 26 heavy (non-hydrogen) atoms. The van der Waals surface area contributed by atoms with Crippen molar-refractivity contribution >= 4 is 17.0 Å². The third-order valence-corrected chi connectivity index (χ3v) is 4.92. The average Bonchev–Trinajstić information content (AvgIpc) is 3.02. The number of hydrogen-bond donors (Lipinski definition) is 0. The third kappa shape index (κ3) is 3.75. The Kier molecular flexibility index (Phi) is 5.92. The molecule has 0 bridgehead atoms. The summed E-state index contributed by atoms with van der Waals surface area (Å²) in [5, 5.41) is 6.26. The first-order valence-electron chi connectivity index (χ1n) is 9.87. The molecule has 0 aliphatic carbocycles. The van der Waals surface area contributed by atoms with Crippen molar-refractivity contribution in [1.29, 1.82) is 0 Å². The summed E-state index contributed by atoms with van der Waals surface area (Å²) in [6.45, 7) is 8.82. The normalized spacial score (nSPS) is 11.9. The molecule has 1 heterocycles. The van der Waals surface area contributed by atoms with Crippen LogP contribution >= 0.6 is 0 Å². The smallest absolute Gasteiger partial charge is 0.100 e. The fourth-order valence-electron chi connectivity index (χ4n) is 3.49. The lowest BCUT2D eigenvalue weighted by Gasteiger charge is -2.09. The minimum absolute atomic E-state index is 0.324. The fraction of sp³-hybridized carbons (Fsp3) is 0.375. The number of fused-ring (bicyclic) bond motifs is 1. The molecule has 1 aromatic heterocycles. The predicted molar refractivity (Wildman–Crippen MR) is 113 cm³/mol. The van der Waals surface area contributed by atoms with Crippen LogP contribution in [0, 0.1) is 6.92 Å². The van der Waals surface area contributed by atoms with Crippen molar-refractivity contribution in [2.45, 2.75) is 59.4 Å². The molecule has 0 unspecified atom stereocenters. The number of allylic oxidation sites excluding steroid dienone is 1. The molecule has 0 atom stereocenters. The summed E-state index contributed by atoms with van der Waals surface area (Å²) in [7, 11) is 0. The predicted octanol–water partition coefficient (Wildman–Crippen LogP) is 7.19. The Bertz CT molecular complexity index is 900. The summed E-state index contributed by atoms with van der Waals surface area (Å²) < 4.78 is 2.18. The van der Waals surface area contributed by atoms with Gasteiger partial charge in [-0.1, -0.05) is 74.4 Å². The van der Waals surface area contributed by atoms with Crippen molar-refractivity contribution in [3.05, 3.63) is 59.7 Å². The van der Waals surface area contributed by atoms with E-state index in [0.717, 1.165) is 12.1 Å². The van der Waals surface area contributed by atoms with E-state index < -0.39 is 0 Å². The molecular weight excluding hydrogens is 316 g/mol. The largest absolute Gasteiger partial charge is 0.261 e. The maximum atomic E-state index is 5.02. The molecule has 2 nitrogen and oxygen atoms in total. The molecule has 3 rings (SSSR count). The van der Waals surface area contributed by atoms with Gasteiger partial charge >= 0.3 is 0 Å². The van der Waals surface area contributed by atoms with Crippen molar-refractivity contribution in [3.8, 4) is 11.3 Å². The number of unbranched alkanes of at least 4 members (excludes halogenated alkanes) is 3. The van der Waals surface area contributed by atoms with Gasteiger partial charge in [-0.3, -0.25) is 4.68 Å². The topological polar surface area (TPSA) is 17.8 Å². The molecule has 0 N–H and O–H groups in total. The van der Waals surface area contributed by atoms with Crippen LogP contribution in [0.25, 0.3) is 28.2 Å². The van der Waals surface area contributed by atoms with Gasteiger partial charge in [-0.15, -0.1) is 0 Å². The van der Waals surface area contributed by atoms with Crippen LogP contribution in [-0.4, -0.2) is 9.78 Å². The van der Waals surface area contributed by atoms with Gasteiger partial charge in [-0.2, -0.15) is 5.10 Å². The zero-order valence-corrected chi connectivity index (χ0v) is 16.5. The zero-order valence-electron chi connectivity index (χ0n) is 16.5. The lowest BCUT2D eigenvalue weighted by Crippen LogP contribution is -2.03. The molecule has 2 aromatic carbocycles. The van der Waals surface area contributed by atoms with E-state index >= 15 is 0 Å². The molecule has 0 radical (unpaired) electrons. The Morgan fingerprint density at radius 2 is 1.85 bits per heavy atom. The molecule has 0 fully saturated rings. The van der Waals surface area contributed by atoms with Gasteiger partial charge in [0.2, 0.25) is 0 Å². The van der Waals surface area contributed by atoms with E-state index in [0.29, 0.717) is 6.04 Å². The van der Waals surface area contributed by atoms with E-state index in [1.807, 2.05) is 0 Å². The highest BCUT2D eigenvalue weighted by atomic mass is 15.3. The first kappa shape index (κ1) is 18.4. The van der Waals surface area contributed by atoms with Crippen LogP contribution in [-0.2, 0) is 0 Å². The number of para-hydroxylation sites is 1. The molecule has 0 spiro atoms. The van der Waals surface area contributed by atoms with Gasteiger partial charge in [0.25, 0.3) is 0 Å². The van der Waals surface area contributed by atoms with Crippen LogP contribution < -0.4 is 0 Å². The minimum Gasteiger partial charge on any atom is -0.261 e. The lowest BCUT2D eigenvalue weighted by atomic mass is 10.0. The third-order valence-electron chi connectivity index (χ3n) is 4.92. The van der Waals surface area contributed by atoms with Crippen molar-refractivity contribution in [1.82, 2.24) is 9.78 Å². The molecular formula is C24H30N2. The van der Waals surface area contributed by atoms with E-state index in [4.69, 9.17) is 5.10 Å². The van der Waals surface area contributed by atoms with E-state index in [1.165, 1.54) is 46.9 Å². The number of hydrogen-bond acceptors (Lipinski definition) is 1. The van der Waals surface area contributed by atoms with Gasteiger partial charge in [0.15, 0.2) is 0 Å². The highest BCUT2D eigenvalue weighted by molar-refractivity contribution is 5.98. The highest BCUT2D eigenvalue weighted by Crippen LogP contribution is 2.33. The summed E-state index contributed by atoms with van der Waals surface area (Å²) in [6, 6.07) is 15.4. The molecule has 0 saturated heterocycles. The first-order valence-corrected chi connectivity index (χ1v) is 9.87. The van der Waals surface area contributed by atoms with Crippen LogP contribution in [0.1, 0.15) is 63.6 Å². The molecule has 0 aliphatic heterocycles. The van der Waals surface area contributed by atoms with Gasteiger partial charge in [-0.25, -0.2) is 0 Å². The minimum atomic E-state index is 0.324. The van der Waals surface area contributed by atoms with Gasteiger partial charge in [0.1, 0.15) is 5.69 Å². The van der Waals surface area contributed by atoms with Crippen LogP contribution in [0.3, 0.4) is 0 Å². The number of nitrogens with zero attached hydrogens (tertiary/aromatic N) is 2. The average molecular weight is 347 g/mol. The summed E-state index contributed by atoms with van der Waals surface area (Å²) in [6.07, 6.45) is 9.57. The first-order chi connectivity index (χ1) is 12.6. The van der Waals surface area contributed by atoms with E-state index in [9.17, 15) is 0 Å². The molecule has 3 aromatic rings. The monoisotopic (exact) mass is 346 g/mol. The highest BCUT2D eigenvalue weighted by Gasteiger charge is 2.17. The van der Waals surface area contributed by atoms with Gasteiger partial charge in [0, 0.05) is 22.6 Å². The Labute approximate surface area is 157 Å². The maximum Gasteiger partial charge on any atom is 0.100 e. The lowest BCUT2D eigenvalue weighted by molar-refractivity contribution is 0.552. The fourth-order valence-corrected chi connectivity index (χ4v) is 3.49. The number of aryl methyl sites for hydroxylation is 1. The summed E-state index contributed by atoms with van der Waals surface area (Å²) in [5.41, 5.74) is 6.09.